The molecule has 2 fully saturated rings. The van der Waals surface area contributed by atoms with Gasteiger partial charge in [-0.2, -0.15) is 11.8 Å². The van der Waals surface area contributed by atoms with Crippen LogP contribution in [0.25, 0.3) is 0 Å². The maximum atomic E-state index is 6.48. The van der Waals surface area contributed by atoms with E-state index in [2.05, 4.69) is 30.9 Å². The number of nitrogens with one attached hydrogen (secondary N) is 1. The van der Waals surface area contributed by atoms with E-state index in [4.69, 9.17) is 4.74 Å². The first-order chi connectivity index (χ1) is 7.24. The Morgan fingerprint density at radius 3 is 2.40 bits per heavy atom. The van der Waals surface area contributed by atoms with E-state index in [-0.39, 0.29) is 11.3 Å². The SMILES string of the molecule is CCC1(CC)CCNC2(CCSCC2)O1. The summed E-state index contributed by atoms with van der Waals surface area (Å²) in [5.74, 6) is 2.49. The predicted molar refractivity (Wildman–Crippen MR) is 66.3 cm³/mol. The third-order valence-corrected chi connectivity index (χ3v) is 5.01. The van der Waals surface area contributed by atoms with Gasteiger partial charge in [0.25, 0.3) is 0 Å². The Labute approximate surface area is 97.5 Å². The van der Waals surface area contributed by atoms with E-state index in [9.17, 15) is 0 Å². The van der Waals surface area contributed by atoms with Crippen LogP contribution in [-0.4, -0.2) is 29.4 Å². The van der Waals surface area contributed by atoms with E-state index < -0.39 is 0 Å². The summed E-state index contributed by atoms with van der Waals surface area (Å²) in [6.45, 7) is 5.66. The van der Waals surface area contributed by atoms with Gasteiger partial charge in [0.1, 0.15) is 5.72 Å². The molecule has 2 rings (SSSR count). The van der Waals surface area contributed by atoms with Crippen molar-refractivity contribution in [2.45, 2.75) is 57.3 Å². The molecule has 2 aliphatic rings. The summed E-state index contributed by atoms with van der Waals surface area (Å²) in [6, 6.07) is 0. The Morgan fingerprint density at radius 2 is 1.80 bits per heavy atom. The lowest BCUT2D eigenvalue weighted by Gasteiger charge is -2.50. The van der Waals surface area contributed by atoms with Crippen LogP contribution in [0, 0.1) is 0 Å². The van der Waals surface area contributed by atoms with Crippen molar-refractivity contribution < 1.29 is 4.74 Å². The Bertz CT molecular complexity index is 204. The second-order valence-corrected chi connectivity index (χ2v) is 6.00. The minimum absolute atomic E-state index is 0.0233. The molecule has 88 valence electrons. The van der Waals surface area contributed by atoms with Crippen molar-refractivity contribution >= 4 is 11.8 Å². The Hall–Kier alpha value is 0.270. The summed E-state index contributed by atoms with van der Waals surface area (Å²) in [7, 11) is 0. The van der Waals surface area contributed by atoms with Crippen LogP contribution in [0.15, 0.2) is 0 Å². The van der Waals surface area contributed by atoms with Crippen LogP contribution < -0.4 is 5.32 Å². The lowest BCUT2D eigenvalue weighted by molar-refractivity contribution is -0.207. The van der Waals surface area contributed by atoms with Crippen molar-refractivity contribution in [3.63, 3.8) is 0 Å². The molecule has 0 radical (unpaired) electrons. The van der Waals surface area contributed by atoms with E-state index in [1.165, 1.54) is 30.8 Å². The van der Waals surface area contributed by atoms with Crippen molar-refractivity contribution in [1.82, 2.24) is 5.32 Å². The highest BCUT2D eigenvalue weighted by Gasteiger charge is 2.44. The molecule has 1 spiro atoms. The summed E-state index contributed by atoms with van der Waals surface area (Å²) in [5.41, 5.74) is 0.183. The molecule has 0 unspecified atom stereocenters. The number of hydrogen-bond acceptors (Lipinski definition) is 3. The molecule has 0 atom stereocenters. The van der Waals surface area contributed by atoms with Gasteiger partial charge in [0.2, 0.25) is 0 Å². The lowest BCUT2D eigenvalue weighted by Crippen LogP contribution is -2.60. The highest BCUT2D eigenvalue weighted by atomic mass is 32.2. The van der Waals surface area contributed by atoms with Crippen molar-refractivity contribution in [2.75, 3.05) is 18.1 Å². The van der Waals surface area contributed by atoms with Crippen LogP contribution in [0.3, 0.4) is 0 Å². The Balaban J connectivity index is 2.07. The molecule has 0 aliphatic carbocycles. The Morgan fingerprint density at radius 1 is 1.13 bits per heavy atom. The standard InChI is InChI=1S/C12H23NOS/c1-3-11(4-2)5-8-13-12(14-11)6-9-15-10-7-12/h13H,3-10H2,1-2H3. The fourth-order valence-electron chi connectivity index (χ4n) is 2.75. The summed E-state index contributed by atoms with van der Waals surface area (Å²) < 4.78 is 6.48. The molecule has 0 aromatic rings. The van der Waals surface area contributed by atoms with Crippen LogP contribution in [0.4, 0.5) is 0 Å². The third kappa shape index (κ3) is 2.34. The van der Waals surface area contributed by atoms with Gasteiger partial charge in [0.15, 0.2) is 0 Å². The minimum Gasteiger partial charge on any atom is -0.354 e. The second kappa shape index (κ2) is 4.64. The van der Waals surface area contributed by atoms with E-state index in [1.54, 1.807) is 0 Å². The molecule has 2 saturated heterocycles. The lowest BCUT2D eigenvalue weighted by atomic mass is 9.89. The van der Waals surface area contributed by atoms with E-state index in [0.29, 0.717) is 0 Å². The summed E-state index contributed by atoms with van der Waals surface area (Å²) in [5, 5.41) is 3.62. The van der Waals surface area contributed by atoms with Gasteiger partial charge in [-0.25, -0.2) is 0 Å². The molecule has 2 aliphatic heterocycles. The maximum absolute atomic E-state index is 6.48. The topological polar surface area (TPSA) is 21.3 Å². The highest BCUT2D eigenvalue weighted by Crippen LogP contribution is 2.39. The van der Waals surface area contributed by atoms with Crippen molar-refractivity contribution in [3.05, 3.63) is 0 Å². The smallest absolute Gasteiger partial charge is 0.121 e. The highest BCUT2D eigenvalue weighted by molar-refractivity contribution is 7.99. The van der Waals surface area contributed by atoms with Crippen molar-refractivity contribution in [3.8, 4) is 0 Å². The molecule has 0 bridgehead atoms. The van der Waals surface area contributed by atoms with Gasteiger partial charge in [0, 0.05) is 6.54 Å². The summed E-state index contributed by atoms with van der Waals surface area (Å²) >= 11 is 2.06. The molecule has 2 nitrogen and oxygen atoms in total. The van der Waals surface area contributed by atoms with Crippen LogP contribution >= 0.6 is 11.8 Å². The third-order valence-electron chi connectivity index (χ3n) is 4.03. The normalized spacial score (nSPS) is 29.2. The first-order valence-electron chi connectivity index (χ1n) is 6.27. The molecule has 0 amide bonds. The van der Waals surface area contributed by atoms with Crippen molar-refractivity contribution in [2.24, 2.45) is 0 Å². The second-order valence-electron chi connectivity index (χ2n) is 4.78. The largest absolute Gasteiger partial charge is 0.354 e. The number of rotatable bonds is 2. The molecule has 0 saturated carbocycles. The van der Waals surface area contributed by atoms with Gasteiger partial charge in [-0.3, -0.25) is 5.32 Å². The van der Waals surface area contributed by atoms with Crippen LogP contribution in [0.5, 0.6) is 0 Å². The first-order valence-corrected chi connectivity index (χ1v) is 7.43. The van der Waals surface area contributed by atoms with Gasteiger partial charge >= 0.3 is 0 Å². The quantitative estimate of drug-likeness (QED) is 0.787. The minimum atomic E-state index is 0.0233. The zero-order valence-electron chi connectivity index (χ0n) is 9.97. The van der Waals surface area contributed by atoms with Crippen LogP contribution in [-0.2, 0) is 4.74 Å². The van der Waals surface area contributed by atoms with Crippen LogP contribution in [0.1, 0.15) is 46.0 Å². The molecule has 15 heavy (non-hydrogen) atoms. The number of hydrogen-bond donors (Lipinski definition) is 1. The number of thioether (sulfide) groups is 1. The molecule has 3 heteroatoms. The van der Waals surface area contributed by atoms with E-state index >= 15 is 0 Å². The van der Waals surface area contributed by atoms with Crippen molar-refractivity contribution in [1.29, 1.82) is 0 Å². The first kappa shape index (κ1) is 11.7. The number of ether oxygens (including phenoxy) is 1. The van der Waals surface area contributed by atoms with Gasteiger partial charge in [-0.15, -0.1) is 0 Å². The monoisotopic (exact) mass is 229 g/mol. The Kier molecular flexibility index (Phi) is 3.63. The summed E-state index contributed by atoms with van der Waals surface area (Å²) in [6.07, 6.45) is 5.84. The zero-order valence-corrected chi connectivity index (χ0v) is 10.8. The molecule has 0 aromatic carbocycles. The molecular weight excluding hydrogens is 206 g/mol. The fourth-order valence-corrected chi connectivity index (χ4v) is 3.90. The van der Waals surface area contributed by atoms with E-state index in [1.807, 2.05) is 0 Å². The fraction of sp³-hybridized carbons (Fsp3) is 1.00. The van der Waals surface area contributed by atoms with E-state index in [0.717, 1.165) is 19.4 Å². The average Bonchev–Trinajstić information content (AvgIpc) is 2.30. The zero-order chi connectivity index (χ0) is 10.8. The predicted octanol–water partition coefficient (Wildman–Crippen LogP) is 2.78. The molecular formula is C12H23NOS. The maximum Gasteiger partial charge on any atom is 0.121 e. The van der Waals surface area contributed by atoms with Crippen LogP contribution in [0.2, 0.25) is 0 Å². The van der Waals surface area contributed by atoms with Gasteiger partial charge in [0.05, 0.1) is 5.60 Å². The van der Waals surface area contributed by atoms with Gasteiger partial charge in [-0.1, -0.05) is 13.8 Å². The summed E-state index contributed by atoms with van der Waals surface area (Å²) in [4.78, 5) is 0. The van der Waals surface area contributed by atoms with Gasteiger partial charge in [-0.05, 0) is 43.6 Å². The molecule has 2 heterocycles. The molecule has 0 aromatic heterocycles. The average molecular weight is 229 g/mol. The van der Waals surface area contributed by atoms with Gasteiger partial charge < -0.3 is 4.74 Å². The molecule has 1 N–H and O–H groups in total.